The molecule has 4 nitrogen and oxygen atoms in total. The van der Waals surface area contributed by atoms with Crippen molar-refractivity contribution in [3.63, 3.8) is 0 Å². The number of primary amides is 1. The summed E-state index contributed by atoms with van der Waals surface area (Å²) in [5, 5.41) is -3.06. The van der Waals surface area contributed by atoms with E-state index in [1.165, 1.54) is 0 Å². The van der Waals surface area contributed by atoms with Crippen molar-refractivity contribution in [2.24, 2.45) is 5.73 Å². The maximum atomic E-state index is 11.4. The number of nitrogens with zero attached hydrogens (tertiary/aromatic N) is 1. The number of nitrogens with two attached hydrogens (primary N) is 1. The maximum absolute atomic E-state index is 11.4. The van der Waals surface area contributed by atoms with E-state index < -0.39 is 28.0 Å². The molecule has 0 unspecified atom stereocenters. The number of thiol groups is 2. The summed E-state index contributed by atoms with van der Waals surface area (Å²) in [4.78, 5) is 16.6. The molecule has 0 aromatic carbocycles. The zero-order chi connectivity index (χ0) is 13.7. The van der Waals surface area contributed by atoms with E-state index in [0.717, 1.165) is 0 Å². The van der Waals surface area contributed by atoms with Gasteiger partial charge >= 0.3 is 12.6 Å². The van der Waals surface area contributed by atoms with Gasteiger partial charge in [0.25, 0.3) is 10.5 Å². The molecule has 0 radical (unpaired) electrons. The number of amides is 2. The van der Waals surface area contributed by atoms with E-state index in [2.05, 4.69) is 31.0 Å². The van der Waals surface area contributed by atoms with Crippen molar-refractivity contribution < 1.29 is 35.9 Å². The fourth-order valence-electron chi connectivity index (χ4n) is 0.361. The average Bonchev–Trinajstić information content (AvgIpc) is 1.73. The molecule has 0 atom stereocenters. The summed E-state index contributed by atoms with van der Waals surface area (Å²) >= 11 is 5.53. The third-order valence-electron chi connectivity index (χ3n) is 0.698. The van der Waals surface area contributed by atoms with E-state index in [4.69, 9.17) is 4.79 Å². The predicted molar refractivity (Wildman–Crippen MR) is 46.9 cm³/mol. The van der Waals surface area contributed by atoms with E-state index in [1.807, 2.05) is 0 Å². The summed E-state index contributed by atoms with van der Waals surface area (Å²) in [6.07, 6.45) is -11.6. The van der Waals surface area contributed by atoms with E-state index in [-0.39, 0.29) is 0 Å². The summed E-state index contributed by atoms with van der Waals surface area (Å²) in [5.41, 5.74) is 4.34. The summed E-state index contributed by atoms with van der Waals surface area (Å²) in [5.74, 6) is 0. The van der Waals surface area contributed by atoms with Crippen molar-refractivity contribution in [3.05, 3.63) is 0 Å². The highest BCUT2D eigenvalue weighted by Gasteiger charge is 2.56. The molecule has 0 heterocycles. The van der Waals surface area contributed by atoms with Gasteiger partial charge in [0, 0.05) is 0 Å². The SMILES string of the molecule is NC(=O)S.O=C(S)N(C(F)(F)F)C(F)(F)F. The van der Waals surface area contributed by atoms with Gasteiger partial charge in [0.15, 0.2) is 0 Å². The lowest BCUT2D eigenvalue weighted by atomic mass is 10.8. The lowest BCUT2D eigenvalue weighted by molar-refractivity contribution is -0.345. The Morgan fingerprint density at radius 2 is 1.12 bits per heavy atom. The van der Waals surface area contributed by atoms with Crippen LogP contribution in [0.5, 0.6) is 0 Å². The molecule has 0 fully saturated rings. The molecule has 2 amide bonds. The molecule has 96 valence electrons. The highest BCUT2D eigenvalue weighted by molar-refractivity contribution is 7.96. The molecular formula is C4H4F6N2O2S2. The Morgan fingerprint density at radius 3 is 1.12 bits per heavy atom. The Balaban J connectivity index is 0. The van der Waals surface area contributed by atoms with E-state index in [1.54, 1.807) is 0 Å². The zero-order valence-electron chi connectivity index (χ0n) is 7.00. The van der Waals surface area contributed by atoms with Gasteiger partial charge in [-0.3, -0.25) is 9.59 Å². The third kappa shape index (κ3) is 8.52. The summed E-state index contributed by atoms with van der Waals surface area (Å²) in [6.45, 7) is 0. The van der Waals surface area contributed by atoms with Crippen LogP contribution in [-0.2, 0) is 0 Å². The number of alkyl halides is 6. The second-order valence-electron chi connectivity index (χ2n) is 1.89. The first-order valence-corrected chi connectivity index (χ1v) is 3.84. The molecule has 0 aromatic heterocycles. The lowest BCUT2D eigenvalue weighted by Gasteiger charge is -2.24. The van der Waals surface area contributed by atoms with Crippen LogP contribution in [0.3, 0.4) is 0 Å². The minimum Gasteiger partial charge on any atom is -0.361 e. The van der Waals surface area contributed by atoms with Crippen LogP contribution >= 0.6 is 25.3 Å². The van der Waals surface area contributed by atoms with Crippen LogP contribution in [-0.4, -0.2) is 28.0 Å². The number of halogens is 6. The van der Waals surface area contributed by atoms with Crippen molar-refractivity contribution in [3.8, 4) is 0 Å². The van der Waals surface area contributed by atoms with Gasteiger partial charge < -0.3 is 5.73 Å². The van der Waals surface area contributed by atoms with Gasteiger partial charge in [0.2, 0.25) is 0 Å². The van der Waals surface area contributed by atoms with Crippen LogP contribution in [0.2, 0.25) is 0 Å². The van der Waals surface area contributed by atoms with Gasteiger partial charge in [-0.25, -0.2) is 0 Å². The molecular weight excluding hydrogens is 286 g/mol. The number of hydrogen-bond donors (Lipinski definition) is 3. The van der Waals surface area contributed by atoms with Crippen molar-refractivity contribution in [2.45, 2.75) is 12.6 Å². The lowest BCUT2D eigenvalue weighted by Crippen LogP contribution is -2.49. The second-order valence-corrected chi connectivity index (χ2v) is 2.72. The minimum absolute atomic E-state index is 0.639. The molecule has 0 saturated heterocycles. The molecule has 0 spiro atoms. The number of carbonyl (C=O) groups is 2. The van der Waals surface area contributed by atoms with Crippen molar-refractivity contribution in [1.82, 2.24) is 4.90 Å². The number of hydrogen-bond acceptors (Lipinski definition) is 2. The van der Waals surface area contributed by atoms with E-state index in [0.29, 0.717) is 0 Å². The highest BCUT2D eigenvalue weighted by atomic mass is 32.1. The van der Waals surface area contributed by atoms with Gasteiger partial charge in [-0.2, -0.15) is 4.90 Å². The van der Waals surface area contributed by atoms with Gasteiger partial charge in [-0.15, -0.1) is 26.3 Å². The molecule has 0 saturated carbocycles. The van der Waals surface area contributed by atoms with Gasteiger partial charge in [0.1, 0.15) is 0 Å². The minimum atomic E-state index is -5.79. The van der Waals surface area contributed by atoms with Crippen LogP contribution < -0.4 is 5.73 Å². The Labute approximate surface area is 95.6 Å². The predicted octanol–water partition coefficient (Wildman–Crippen LogP) is 2.37. The number of rotatable bonds is 0. The molecule has 0 bridgehead atoms. The topological polar surface area (TPSA) is 63.4 Å². The van der Waals surface area contributed by atoms with Gasteiger partial charge in [-0.05, 0) is 0 Å². The quantitative estimate of drug-likeness (QED) is 0.364. The summed E-state index contributed by atoms with van der Waals surface area (Å²) < 4.78 is 68.4. The Kier molecular flexibility index (Phi) is 6.69. The average molecular weight is 290 g/mol. The van der Waals surface area contributed by atoms with Crippen molar-refractivity contribution in [1.29, 1.82) is 0 Å². The van der Waals surface area contributed by atoms with Crippen LogP contribution in [0.4, 0.5) is 35.9 Å². The fourth-order valence-corrected chi connectivity index (χ4v) is 0.587. The Morgan fingerprint density at radius 1 is 0.938 bits per heavy atom. The first kappa shape index (κ1) is 17.6. The van der Waals surface area contributed by atoms with E-state index in [9.17, 15) is 31.1 Å². The second kappa shape index (κ2) is 6.08. The molecule has 16 heavy (non-hydrogen) atoms. The summed E-state index contributed by atoms with van der Waals surface area (Å²) in [7, 11) is 0. The highest BCUT2D eigenvalue weighted by Crippen LogP contribution is 2.34. The molecule has 2 N–H and O–H groups in total. The molecule has 0 aliphatic carbocycles. The monoisotopic (exact) mass is 290 g/mol. The van der Waals surface area contributed by atoms with Crippen LogP contribution in [0.15, 0.2) is 0 Å². The van der Waals surface area contributed by atoms with Crippen molar-refractivity contribution >= 4 is 35.7 Å². The fraction of sp³-hybridized carbons (Fsp3) is 0.500. The molecule has 0 aliphatic heterocycles. The van der Waals surface area contributed by atoms with Crippen molar-refractivity contribution in [2.75, 3.05) is 0 Å². The number of carbonyl (C=O) groups excluding carboxylic acids is 2. The molecule has 0 aliphatic rings. The summed E-state index contributed by atoms with van der Waals surface area (Å²) in [6, 6.07) is 0. The maximum Gasteiger partial charge on any atom is 0.494 e. The van der Waals surface area contributed by atoms with Gasteiger partial charge in [0.05, 0.1) is 0 Å². The third-order valence-corrected chi connectivity index (χ3v) is 0.898. The normalized spacial score (nSPS) is 11.2. The Hall–Kier alpha value is -0.780. The zero-order valence-corrected chi connectivity index (χ0v) is 8.79. The first-order chi connectivity index (χ1) is 6.80. The standard InChI is InChI=1S/C3HF6NOS.CH3NOS/c4-2(5,6)10(1(11)12)3(7,8)9;2-1(3)4/h(H,11,12);(H3,2,3,4). The Bertz CT molecular complexity index is 246. The smallest absolute Gasteiger partial charge is 0.361 e. The van der Waals surface area contributed by atoms with Crippen LogP contribution in [0.25, 0.3) is 0 Å². The molecule has 12 heteroatoms. The molecule has 0 aromatic rings. The molecule has 0 rings (SSSR count). The first-order valence-electron chi connectivity index (χ1n) is 2.95. The van der Waals surface area contributed by atoms with Gasteiger partial charge in [-0.1, -0.05) is 25.3 Å². The van der Waals surface area contributed by atoms with E-state index >= 15 is 0 Å². The van der Waals surface area contributed by atoms with Crippen LogP contribution in [0.1, 0.15) is 0 Å². The largest absolute Gasteiger partial charge is 0.494 e. The van der Waals surface area contributed by atoms with Crippen LogP contribution in [0, 0.1) is 0 Å².